The molecule has 0 aliphatic rings. The molecule has 0 radical (unpaired) electrons. The third-order valence-corrected chi connectivity index (χ3v) is 2.18. The molecule has 0 fully saturated rings. The Morgan fingerprint density at radius 3 is 2.70 bits per heavy atom. The van der Waals surface area contributed by atoms with Gasteiger partial charge in [-0.25, -0.2) is 0 Å². The Labute approximate surface area is 113 Å². The number of rotatable bonds is 4. The molecule has 0 saturated carbocycles. The van der Waals surface area contributed by atoms with E-state index < -0.39 is 16.7 Å². The molecule has 2 N–H and O–H groups in total. The van der Waals surface area contributed by atoms with Gasteiger partial charge in [0.25, 0.3) is 5.69 Å². The van der Waals surface area contributed by atoms with Crippen molar-refractivity contribution in [3.05, 3.63) is 28.3 Å². The Balaban J connectivity index is 2.87. The summed E-state index contributed by atoms with van der Waals surface area (Å²) >= 11 is 0. The molecule has 0 aromatic heterocycles. The van der Waals surface area contributed by atoms with Crippen LogP contribution in [0, 0.1) is 21.4 Å². The molecule has 0 aliphatic carbocycles. The van der Waals surface area contributed by atoms with E-state index >= 15 is 0 Å². The molecule has 0 unspecified atom stereocenters. The van der Waals surface area contributed by atoms with Gasteiger partial charge in [-0.1, -0.05) is 0 Å². The molecule has 1 aromatic rings. The van der Waals surface area contributed by atoms with Crippen LogP contribution in [0.4, 0.5) is 11.4 Å². The van der Waals surface area contributed by atoms with Crippen molar-refractivity contribution in [1.29, 1.82) is 5.26 Å². The van der Waals surface area contributed by atoms with Crippen LogP contribution in [0.2, 0.25) is 0 Å². The summed E-state index contributed by atoms with van der Waals surface area (Å²) in [6.45, 7) is -0.302. The smallest absolute Gasteiger partial charge is 0.313 e. The first-order chi connectivity index (χ1) is 9.49. The van der Waals surface area contributed by atoms with Gasteiger partial charge in [0.1, 0.15) is 12.3 Å². The van der Waals surface area contributed by atoms with Crippen molar-refractivity contribution in [1.82, 2.24) is 5.32 Å². The average molecular weight is 278 g/mol. The summed E-state index contributed by atoms with van der Waals surface area (Å²) in [5.41, 5.74) is -0.107. The Morgan fingerprint density at radius 1 is 1.45 bits per heavy atom. The van der Waals surface area contributed by atoms with Gasteiger partial charge in [-0.3, -0.25) is 19.7 Å². The van der Waals surface area contributed by atoms with Crippen LogP contribution in [0.15, 0.2) is 18.2 Å². The molecule has 0 bridgehead atoms. The lowest BCUT2D eigenvalue weighted by atomic mass is 10.2. The lowest BCUT2D eigenvalue weighted by Crippen LogP contribution is -2.35. The van der Waals surface area contributed by atoms with Crippen molar-refractivity contribution in [3.63, 3.8) is 0 Å². The lowest BCUT2D eigenvalue weighted by molar-refractivity contribution is -0.384. The largest absolute Gasteiger partial charge is 0.494 e. The van der Waals surface area contributed by atoms with E-state index in [1.54, 1.807) is 6.07 Å². The highest BCUT2D eigenvalue weighted by molar-refractivity contribution is 6.39. The Bertz CT molecular complexity index is 593. The molecule has 1 aromatic carbocycles. The zero-order valence-electron chi connectivity index (χ0n) is 10.4. The van der Waals surface area contributed by atoms with E-state index in [1.807, 2.05) is 0 Å². The van der Waals surface area contributed by atoms with Crippen LogP contribution in [0.1, 0.15) is 0 Å². The van der Waals surface area contributed by atoms with Crippen molar-refractivity contribution in [2.75, 3.05) is 19.0 Å². The number of hydrogen-bond acceptors (Lipinski definition) is 6. The molecular formula is C11H10N4O5. The summed E-state index contributed by atoms with van der Waals surface area (Å²) in [5.74, 6) is -1.96. The van der Waals surface area contributed by atoms with Crippen LogP contribution in [-0.4, -0.2) is 30.4 Å². The fraction of sp³-hybridized carbons (Fsp3) is 0.182. The van der Waals surface area contributed by atoms with Crippen molar-refractivity contribution in [3.8, 4) is 11.8 Å². The number of nitro groups is 1. The van der Waals surface area contributed by atoms with Crippen LogP contribution in [0.25, 0.3) is 0 Å². The van der Waals surface area contributed by atoms with Crippen molar-refractivity contribution in [2.24, 2.45) is 0 Å². The first-order valence-corrected chi connectivity index (χ1v) is 5.28. The standard InChI is InChI=1S/C11H10N4O5/c1-20-9-6-7(15(18)19)2-3-8(9)14-11(17)10(16)13-5-4-12/h2-3,6H,5H2,1H3,(H,13,16)(H,14,17). The number of non-ortho nitro benzene ring substituents is 1. The van der Waals surface area contributed by atoms with Crippen molar-refractivity contribution >= 4 is 23.2 Å². The minimum Gasteiger partial charge on any atom is -0.494 e. The van der Waals surface area contributed by atoms with Gasteiger partial charge in [-0.15, -0.1) is 0 Å². The zero-order valence-corrected chi connectivity index (χ0v) is 10.4. The maximum absolute atomic E-state index is 11.5. The molecular weight excluding hydrogens is 268 g/mol. The number of nitrogens with zero attached hydrogens (tertiary/aromatic N) is 2. The Kier molecular flexibility index (Phi) is 4.99. The fourth-order valence-electron chi connectivity index (χ4n) is 1.28. The molecule has 0 spiro atoms. The molecule has 0 atom stereocenters. The number of nitrogens with one attached hydrogen (secondary N) is 2. The Morgan fingerprint density at radius 2 is 2.15 bits per heavy atom. The SMILES string of the molecule is COc1cc([N+](=O)[O-])ccc1NC(=O)C(=O)NCC#N. The van der Waals surface area contributed by atoms with Crippen LogP contribution in [0.5, 0.6) is 5.75 Å². The lowest BCUT2D eigenvalue weighted by Gasteiger charge is -2.09. The zero-order chi connectivity index (χ0) is 15.1. The number of benzene rings is 1. The van der Waals surface area contributed by atoms with Crippen molar-refractivity contribution in [2.45, 2.75) is 0 Å². The second-order valence-electron chi connectivity index (χ2n) is 3.44. The van der Waals surface area contributed by atoms with E-state index in [-0.39, 0.29) is 23.7 Å². The normalized spacial score (nSPS) is 9.20. The van der Waals surface area contributed by atoms with Crippen LogP contribution >= 0.6 is 0 Å². The maximum Gasteiger partial charge on any atom is 0.313 e. The Hall–Kier alpha value is -3.15. The first-order valence-electron chi connectivity index (χ1n) is 5.28. The minimum absolute atomic E-state index is 0.0423. The average Bonchev–Trinajstić information content (AvgIpc) is 2.44. The number of anilines is 1. The number of carbonyl (C=O) groups excluding carboxylic acids is 2. The van der Waals surface area contributed by atoms with E-state index in [1.165, 1.54) is 13.2 Å². The van der Waals surface area contributed by atoms with E-state index in [0.29, 0.717) is 0 Å². The number of nitro benzene ring substituents is 1. The maximum atomic E-state index is 11.5. The second kappa shape index (κ2) is 6.69. The second-order valence-corrected chi connectivity index (χ2v) is 3.44. The van der Waals surface area contributed by atoms with Gasteiger partial charge in [0.2, 0.25) is 0 Å². The number of hydrogen-bond donors (Lipinski definition) is 2. The van der Waals surface area contributed by atoms with Gasteiger partial charge < -0.3 is 15.4 Å². The van der Waals surface area contributed by atoms with Gasteiger partial charge in [0.15, 0.2) is 0 Å². The quantitative estimate of drug-likeness (QED) is 0.349. The fourth-order valence-corrected chi connectivity index (χ4v) is 1.28. The summed E-state index contributed by atoms with van der Waals surface area (Å²) in [6, 6.07) is 5.16. The van der Waals surface area contributed by atoms with Gasteiger partial charge in [-0.2, -0.15) is 5.26 Å². The number of amides is 2. The van der Waals surface area contributed by atoms with E-state index in [2.05, 4.69) is 10.6 Å². The molecule has 0 aliphatic heterocycles. The third-order valence-electron chi connectivity index (χ3n) is 2.18. The van der Waals surface area contributed by atoms with Crippen LogP contribution < -0.4 is 15.4 Å². The van der Waals surface area contributed by atoms with E-state index in [0.717, 1.165) is 12.1 Å². The summed E-state index contributed by atoms with van der Waals surface area (Å²) in [4.78, 5) is 32.7. The number of ether oxygens (including phenoxy) is 1. The van der Waals surface area contributed by atoms with Gasteiger partial charge in [0.05, 0.1) is 29.9 Å². The predicted molar refractivity (Wildman–Crippen MR) is 66.9 cm³/mol. The number of carbonyl (C=O) groups is 2. The van der Waals surface area contributed by atoms with Crippen LogP contribution in [-0.2, 0) is 9.59 Å². The van der Waals surface area contributed by atoms with Gasteiger partial charge in [0, 0.05) is 6.07 Å². The van der Waals surface area contributed by atoms with Gasteiger partial charge in [-0.05, 0) is 6.07 Å². The summed E-state index contributed by atoms with van der Waals surface area (Å²) < 4.78 is 4.89. The van der Waals surface area contributed by atoms with E-state index in [9.17, 15) is 19.7 Å². The monoisotopic (exact) mass is 278 g/mol. The topological polar surface area (TPSA) is 134 Å². The van der Waals surface area contributed by atoms with E-state index in [4.69, 9.17) is 10.00 Å². The molecule has 9 heteroatoms. The molecule has 104 valence electrons. The third kappa shape index (κ3) is 3.67. The molecule has 20 heavy (non-hydrogen) atoms. The first kappa shape index (κ1) is 14.9. The highest BCUT2D eigenvalue weighted by atomic mass is 16.6. The molecule has 9 nitrogen and oxygen atoms in total. The number of methoxy groups -OCH3 is 1. The summed E-state index contributed by atoms with van der Waals surface area (Å²) in [5, 5.41) is 23.2. The molecule has 2 amide bonds. The molecule has 0 saturated heterocycles. The minimum atomic E-state index is -1.01. The summed E-state index contributed by atoms with van der Waals surface area (Å²) in [6.07, 6.45) is 0. The van der Waals surface area contributed by atoms with Crippen molar-refractivity contribution < 1.29 is 19.2 Å². The number of nitriles is 1. The van der Waals surface area contributed by atoms with Crippen LogP contribution in [0.3, 0.4) is 0 Å². The summed E-state index contributed by atoms with van der Waals surface area (Å²) in [7, 11) is 1.27. The highest BCUT2D eigenvalue weighted by Crippen LogP contribution is 2.28. The highest BCUT2D eigenvalue weighted by Gasteiger charge is 2.17. The predicted octanol–water partition coefficient (Wildman–Crippen LogP) is 0.182. The molecule has 1 rings (SSSR count). The van der Waals surface area contributed by atoms with Gasteiger partial charge >= 0.3 is 11.8 Å². The molecule has 0 heterocycles.